The zero-order valence-corrected chi connectivity index (χ0v) is 16.1. The number of hydrogen-bond donors (Lipinski definition) is 2. The van der Waals surface area contributed by atoms with Crippen LogP contribution in [0.3, 0.4) is 0 Å². The van der Waals surface area contributed by atoms with Gasteiger partial charge in [-0.1, -0.05) is 0 Å². The van der Waals surface area contributed by atoms with Crippen molar-refractivity contribution in [1.82, 2.24) is 5.32 Å². The van der Waals surface area contributed by atoms with E-state index in [0.29, 0.717) is 24.6 Å². The molecule has 1 aromatic carbocycles. The van der Waals surface area contributed by atoms with Crippen LogP contribution in [-0.2, 0) is 9.59 Å². The van der Waals surface area contributed by atoms with E-state index in [0.717, 1.165) is 13.0 Å². The summed E-state index contributed by atoms with van der Waals surface area (Å²) >= 11 is 5.18. The van der Waals surface area contributed by atoms with Crippen LogP contribution in [0, 0.1) is 5.92 Å². The van der Waals surface area contributed by atoms with Gasteiger partial charge in [0.2, 0.25) is 5.91 Å². The van der Waals surface area contributed by atoms with Gasteiger partial charge < -0.3 is 15.0 Å². The van der Waals surface area contributed by atoms with Gasteiger partial charge in [-0.3, -0.25) is 19.5 Å². The summed E-state index contributed by atoms with van der Waals surface area (Å²) in [5.74, 6) is -1.11. The number of quaternary nitrogens is 1. The third kappa shape index (κ3) is 5.09. The lowest BCUT2D eigenvalue weighted by Crippen LogP contribution is -3.05. The highest BCUT2D eigenvalue weighted by Gasteiger charge is 2.38. The Morgan fingerprint density at radius 1 is 1.31 bits per heavy atom. The predicted molar refractivity (Wildman–Crippen MR) is 105 cm³/mol. The first-order valence-electron chi connectivity index (χ1n) is 8.64. The molecule has 7 nitrogen and oxygen atoms in total. The number of rotatable bonds is 8. The van der Waals surface area contributed by atoms with E-state index >= 15 is 0 Å². The van der Waals surface area contributed by atoms with E-state index in [-0.39, 0.29) is 5.11 Å². The van der Waals surface area contributed by atoms with Gasteiger partial charge in [0.1, 0.15) is 5.75 Å². The molecule has 0 radical (unpaired) electrons. The number of nitrogens with one attached hydrogen (secondary N) is 2. The zero-order chi connectivity index (χ0) is 19.1. The molecule has 1 fully saturated rings. The summed E-state index contributed by atoms with van der Waals surface area (Å²) < 4.78 is 5.40. The smallest absolute Gasteiger partial charge is 0.251 e. The number of hydrogen-bond acceptors (Lipinski definition) is 5. The normalized spacial score (nSPS) is 17.9. The highest BCUT2D eigenvalue weighted by atomic mass is 32.1. The molecule has 0 bridgehead atoms. The Balaban J connectivity index is 2.09. The third-order valence-corrected chi connectivity index (χ3v) is 4.11. The number of nitrogens with zero attached hydrogens (tertiary/aromatic N) is 2. The molecule has 1 heterocycles. The minimum Gasteiger partial charge on any atom is -0.494 e. The highest BCUT2D eigenvalue weighted by molar-refractivity contribution is 7.80. The molecule has 2 rings (SSSR count). The first-order chi connectivity index (χ1) is 12.4. The lowest BCUT2D eigenvalue weighted by atomic mass is 10.1. The number of amides is 2. The minimum absolute atomic E-state index is 0.0741. The molecular weight excluding hydrogens is 352 g/mol. The molecular formula is C18H25N4O3S+. The molecule has 0 saturated carbocycles. The summed E-state index contributed by atoms with van der Waals surface area (Å²) in [5.41, 5.74) is 0.582. The predicted octanol–water partition coefficient (Wildman–Crippen LogP) is 0.0546. The van der Waals surface area contributed by atoms with Gasteiger partial charge >= 0.3 is 0 Å². The summed E-state index contributed by atoms with van der Waals surface area (Å²) in [6, 6.07) is 7.00. The van der Waals surface area contributed by atoms with Crippen LogP contribution in [-0.4, -0.2) is 56.9 Å². The van der Waals surface area contributed by atoms with Crippen LogP contribution in [0.2, 0.25) is 0 Å². The van der Waals surface area contributed by atoms with Crippen LogP contribution in [0.1, 0.15) is 13.3 Å². The van der Waals surface area contributed by atoms with Gasteiger partial charge in [0.25, 0.3) is 5.91 Å². The van der Waals surface area contributed by atoms with Crippen molar-refractivity contribution in [3.05, 3.63) is 24.3 Å². The van der Waals surface area contributed by atoms with Gasteiger partial charge in [0, 0.05) is 19.2 Å². The Hall–Kier alpha value is -2.32. The molecule has 1 aromatic rings. The first kappa shape index (κ1) is 20.0. The maximum absolute atomic E-state index is 12.8. The molecule has 2 amide bonds. The highest BCUT2D eigenvalue weighted by Crippen LogP contribution is 2.23. The second kappa shape index (κ2) is 9.40. The number of ether oxygens (including phenoxy) is 1. The second-order valence-electron chi connectivity index (χ2n) is 6.24. The Kier molecular flexibility index (Phi) is 7.23. The number of anilines is 1. The molecule has 0 unspecified atom stereocenters. The number of thiocarbonyl (C=S) groups is 1. The molecule has 140 valence electrons. The monoisotopic (exact) mass is 377 g/mol. The van der Waals surface area contributed by atoms with Gasteiger partial charge in [-0.2, -0.15) is 0 Å². The second-order valence-corrected chi connectivity index (χ2v) is 6.63. The molecule has 2 N–H and O–H groups in total. The van der Waals surface area contributed by atoms with Crippen molar-refractivity contribution < 1.29 is 19.2 Å². The van der Waals surface area contributed by atoms with Crippen molar-refractivity contribution in [3.63, 3.8) is 0 Å². The SMILES string of the molecule is CCOc1ccc(N2C(=O)[C@H](C=NCCC[NH+](C)C)C(=O)NC2=S)cc1. The topological polar surface area (TPSA) is 75.4 Å². The van der Waals surface area contributed by atoms with Gasteiger partial charge in [0.05, 0.1) is 32.9 Å². The van der Waals surface area contributed by atoms with Gasteiger partial charge in [-0.15, -0.1) is 0 Å². The molecule has 0 aromatic heterocycles. The van der Waals surface area contributed by atoms with E-state index < -0.39 is 17.7 Å². The van der Waals surface area contributed by atoms with E-state index in [2.05, 4.69) is 24.4 Å². The molecule has 1 aliphatic rings. The Bertz CT molecular complexity index is 688. The van der Waals surface area contributed by atoms with Crippen molar-refractivity contribution in [2.45, 2.75) is 13.3 Å². The van der Waals surface area contributed by atoms with E-state index in [4.69, 9.17) is 17.0 Å². The van der Waals surface area contributed by atoms with Crippen molar-refractivity contribution in [3.8, 4) is 5.75 Å². The van der Waals surface area contributed by atoms with Gasteiger partial charge in [-0.05, 0) is 43.4 Å². The fraction of sp³-hybridized carbons (Fsp3) is 0.444. The van der Waals surface area contributed by atoms with E-state index in [1.165, 1.54) is 16.0 Å². The van der Waals surface area contributed by atoms with Crippen LogP contribution in [0.4, 0.5) is 5.69 Å². The average molecular weight is 377 g/mol. The largest absolute Gasteiger partial charge is 0.494 e. The average Bonchev–Trinajstić information content (AvgIpc) is 2.58. The fourth-order valence-corrected chi connectivity index (χ4v) is 2.82. The van der Waals surface area contributed by atoms with Gasteiger partial charge in [0.15, 0.2) is 11.0 Å². The summed E-state index contributed by atoms with van der Waals surface area (Å²) in [6.07, 6.45) is 2.31. The zero-order valence-electron chi connectivity index (χ0n) is 15.3. The van der Waals surface area contributed by atoms with Crippen molar-refractivity contribution in [1.29, 1.82) is 0 Å². The fourth-order valence-electron chi connectivity index (χ4n) is 2.53. The minimum atomic E-state index is -0.972. The molecule has 0 aliphatic carbocycles. The Morgan fingerprint density at radius 3 is 2.62 bits per heavy atom. The summed E-state index contributed by atoms with van der Waals surface area (Å²) in [6.45, 7) is 4.01. The lowest BCUT2D eigenvalue weighted by Gasteiger charge is -2.31. The maximum Gasteiger partial charge on any atom is 0.251 e. The van der Waals surface area contributed by atoms with Crippen molar-refractivity contribution in [2.75, 3.05) is 38.7 Å². The molecule has 1 saturated heterocycles. The number of benzene rings is 1. The number of carbonyl (C=O) groups is 2. The van der Waals surface area contributed by atoms with Crippen LogP contribution in [0.25, 0.3) is 0 Å². The molecule has 1 atom stereocenters. The summed E-state index contributed by atoms with van der Waals surface area (Å²) in [5, 5.41) is 2.65. The standard InChI is InChI=1S/C18H24N4O3S/c1-4-25-14-8-6-13(7-9-14)22-17(24)15(16(23)20-18(22)26)12-19-10-5-11-21(2)3/h6-9,12,15H,4-5,10-11H2,1-3H3,(H,20,23,26)/p+1/t15-/m1/s1. The van der Waals surface area contributed by atoms with E-state index in [9.17, 15) is 9.59 Å². The van der Waals surface area contributed by atoms with Crippen LogP contribution in [0.5, 0.6) is 5.75 Å². The van der Waals surface area contributed by atoms with Crippen molar-refractivity contribution in [2.24, 2.45) is 10.9 Å². The number of aliphatic imine (C=N–C) groups is 1. The van der Waals surface area contributed by atoms with Crippen LogP contribution >= 0.6 is 12.2 Å². The molecule has 0 spiro atoms. The molecule has 8 heteroatoms. The summed E-state index contributed by atoms with van der Waals surface area (Å²) in [4.78, 5) is 31.8. The van der Waals surface area contributed by atoms with Crippen molar-refractivity contribution >= 4 is 41.0 Å². The lowest BCUT2D eigenvalue weighted by molar-refractivity contribution is -0.858. The van der Waals surface area contributed by atoms with Gasteiger partial charge in [-0.25, -0.2) is 0 Å². The first-order valence-corrected chi connectivity index (χ1v) is 9.05. The molecule has 26 heavy (non-hydrogen) atoms. The Labute approximate surface area is 159 Å². The summed E-state index contributed by atoms with van der Waals surface area (Å²) in [7, 11) is 4.13. The number of carbonyl (C=O) groups excluding carboxylic acids is 2. The molecule has 1 aliphatic heterocycles. The third-order valence-electron chi connectivity index (χ3n) is 3.83. The quantitative estimate of drug-likeness (QED) is 0.291. The Morgan fingerprint density at radius 2 is 2.00 bits per heavy atom. The maximum atomic E-state index is 12.8. The van der Waals surface area contributed by atoms with E-state index in [1.54, 1.807) is 24.3 Å². The van der Waals surface area contributed by atoms with Crippen LogP contribution in [0.15, 0.2) is 29.3 Å². The van der Waals surface area contributed by atoms with E-state index in [1.807, 2.05) is 6.92 Å². The van der Waals surface area contributed by atoms with Crippen LogP contribution < -0.4 is 19.9 Å².